The van der Waals surface area contributed by atoms with E-state index in [0.717, 1.165) is 28.7 Å². The van der Waals surface area contributed by atoms with Gasteiger partial charge in [-0.2, -0.15) is 0 Å². The van der Waals surface area contributed by atoms with Crippen LogP contribution in [0, 0.1) is 0 Å². The second-order valence-corrected chi connectivity index (χ2v) is 4.87. The lowest BCUT2D eigenvalue weighted by molar-refractivity contribution is 0.0549. The van der Waals surface area contributed by atoms with E-state index >= 15 is 0 Å². The second kappa shape index (κ2) is 3.94. The molecule has 3 rings (SSSR count). The van der Waals surface area contributed by atoms with Crippen molar-refractivity contribution in [3.05, 3.63) is 59.7 Å². The van der Waals surface area contributed by atoms with E-state index < -0.39 is 5.60 Å². The molecule has 18 heavy (non-hydrogen) atoms. The summed E-state index contributed by atoms with van der Waals surface area (Å²) in [5.41, 5.74) is 9.19. The Morgan fingerprint density at radius 1 is 1.00 bits per heavy atom. The van der Waals surface area contributed by atoms with Crippen LogP contribution in [0.1, 0.15) is 24.5 Å². The first-order valence-corrected chi connectivity index (χ1v) is 6.37. The van der Waals surface area contributed by atoms with Crippen molar-refractivity contribution in [2.24, 2.45) is 5.73 Å². The lowest BCUT2D eigenvalue weighted by Crippen LogP contribution is -2.44. The molecule has 0 saturated heterocycles. The van der Waals surface area contributed by atoms with E-state index in [1.165, 1.54) is 0 Å². The van der Waals surface area contributed by atoms with Gasteiger partial charge in [0.1, 0.15) is 5.60 Å². The lowest BCUT2D eigenvalue weighted by atomic mass is 9.83. The van der Waals surface area contributed by atoms with Crippen molar-refractivity contribution >= 4 is 0 Å². The average molecular weight is 239 g/mol. The van der Waals surface area contributed by atoms with E-state index in [0.29, 0.717) is 0 Å². The van der Waals surface area contributed by atoms with Crippen molar-refractivity contribution in [3.8, 4) is 11.1 Å². The third-order valence-electron chi connectivity index (χ3n) is 3.94. The zero-order chi connectivity index (χ0) is 12.8. The summed E-state index contributed by atoms with van der Waals surface area (Å²) in [7, 11) is 0. The number of hydrogen-bond acceptors (Lipinski definition) is 2. The largest absolute Gasteiger partial charge is 0.379 e. The van der Waals surface area contributed by atoms with Crippen molar-refractivity contribution in [1.82, 2.24) is 0 Å². The van der Waals surface area contributed by atoms with E-state index in [2.05, 4.69) is 12.1 Å². The summed E-state index contributed by atoms with van der Waals surface area (Å²) in [6.07, 6.45) is 0.735. The molecule has 0 fully saturated rings. The Morgan fingerprint density at radius 3 is 1.89 bits per heavy atom. The van der Waals surface area contributed by atoms with Gasteiger partial charge in [-0.05, 0) is 28.7 Å². The minimum absolute atomic E-state index is 0.290. The van der Waals surface area contributed by atoms with Gasteiger partial charge >= 0.3 is 0 Å². The highest BCUT2D eigenvalue weighted by Gasteiger charge is 2.44. The van der Waals surface area contributed by atoms with Crippen LogP contribution in [0.3, 0.4) is 0 Å². The minimum Gasteiger partial charge on any atom is -0.379 e. The van der Waals surface area contributed by atoms with Crippen LogP contribution in [0.4, 0.5) is 0 Å². The zero-order valence-corrected chi connectivity index (χ0v) is 10.4. The van der Waals surface area contributed by atoms with Crippen molar-refractivity contribution in [1.29, 1.82) is 0 Å². The Hall–Kier alpha value is -1.64. The maximum atomic E-state index is 11.1. The molecule has 2 heteroatoms. The van der Waals surface area contributed by atoms with E-state index in [-0.39, 0.29) is 6.04 Å². The van der Waals surface area contributed by atoms with Crippen molar-refractivity contribution in [3.63, 3.8) is 0 Å². The van der Waals surface area contributed by atoms with Gasteiger partial charge in [0.25, 0.3) is 0 Å². The van der Waals surface area contributed by atoms with Crippen LogP contribution in [0.2, 0.25) is 0 Å². The van der Waals surface area contributed by atoms with Gasteiger partial charge in [-0.15, -0.1) is 0 Å². The highest BCUT2D eigenvalue weighted by molar-refractivity contribution is 5.80. The van der Waals surface area contributed by atoms with Crippen LogP contribution < -0.4 is 5.73 Å². The molecule has 92 valence electrons. The molecule has 2 nitrogen and oxygen atoms in total. The van der Waals surface area contributed by atoms with Gasteiger partial charge in [0.15, 0.2) is 0 Å². The monoisotopic (exact) mass is 239 g/mol. The molecule has 1 atom stereocenters. The molecule has 0 heterocycles. The first-order valence-electron chi connectivity index (χ1n) is 6.37. The third-order valence-corrected chi connectivity index (χ3v) is 3.94. The molecular formula is C16H17NO. The summed E-state index contributed by atoms with van der Waals surface area (Å²) in [5.74, 6) is 0. The molecule has 0 aliphatic heterocycles. The molecule has 0 aromatic heterocycles. The number of aliphatic hydroxyl groups is 1. The third kappa shape index (κ3) is 1.30. The first kappa shape index (κ1) is 11.5. The van der Waals surface area contributed by atoms with Crippen LogP contribution in [0.15, 0.2) is 48.5 Å². The van der Waals surface area contributed by atoms with Crippen LogP contribution in [0.25, 0.3) is 11.1 Å². The van der Waals surface area contributed by atoms with Crippen molar-refractivity contribution in [2.75, 3.05) is 0 Å². The Morgan fingerprint density at radius 2 is 1.44 bits per heavy atom. The van der Waals surface area contributed by atoms with Gasteiger partial charge in [-0.3, -0.25) is 0 Å². The first-order chi connectivity index (χ1) is 8.69. The normalized spacial score (nSPS) is 17.1. The Bertz CT molecular complexity index is 546. The summed E-state index contributed by atoms with van der Waals surface area (Å²) in [5, 5.41) is 11.1. The molecule has 0 spiro atoms. The van der Waals surface area contributed by atoms with Gasteiger partial charge in [-0.25, -0.2) is 0 Å². The maximum absolute atomic E-state index is 11.1. The number of fused-ring (bicyclic) bond motifs is 3. The molecule has 0 radical (unpaired) electrons. The van der Waals surface area contributed by atoms with Gasteiger partial charge in [0.2, 0.25) is 0 Å². The fraction of sp³-hybridized carbons (Fsp3) is 0.250. The SMILES string of the molecule is CCC(N)C1(O)c2ccccc2-c2ccccc21. The summed E-state index contributed by atoms with van der Waals surface area (Å²) < 4.78 is 0. The van der Waals surface area contributed by atoms with E-state index in [9.17, 15) is 5.11 Å². The summed E-state index contributed by atoms with van der Waals surface area (Å²) in [6, 6.07) is 15.7. The van der Waals surface area contributed by atoms with Gasteiger partial charge in [0.05, 0.1) is 0 Å². The standard InChI is InChI=1S/C16H17NO/c1-2-15(17)16(18)13-9-5-3-7-11(13)12-8-4-6-10-14(12)16/h3-10,15,18H,2,17H2,1H3. The highest BCUT2D eigenvalue weighted by atomic mass is 16.3. The molecule has 1 aliphatic rings. The van der Waals surface area contributed by atoms with Crippen molar-refractivity contribution in [2.45, 2.75) is 25.0 Å². The molecule has 2 aromatic rings. The molecular weight excluding hydrogens is 222 g/mol. The van der Waals surface area contributed by atoms with Crippen LogP contribution in [0.5, 0.6) is 0 Å². The predicted octanol–water partition coefficient (Wildman–Crippen LogP) is 2.64. The number of nitrogens with two attached hydrogens (primary N) is 1. The fourth-order valence-corrected chi connectivity index (χ4v) is 2.94. The Kier molecular flexibility index (Phi) is 2.51. The average Bonchev–Trinajstić information content (AvgIpc) is 2.70. The van der Waals surface area contributed by atoms with Gasteiger partial charge < -0.3 is 10.8 Å². The molecule has 1 aliphatic carbocycles. The molecule has 1 unspecified atom stereocenters. The predicted molar refractivity (Wildman–Crippen MR) is 73.1 cm³/mol. The van der Waals surface area contributed by atoms with E-state index in [1.807, 2.05) is 43.3 Å². The zero-order valence-electron chi connectivity index (χ0n) is 10.4. The van der Waals surface area contributed by atoms with Crippen molar-refractivity contribution < 1.29 is 5.11 Å². The van der Waals surface area contributed by atoms with Crippen LogP contribution in [-0.2, 0) is 5.60 Å². The maximum Gasteiger partial charge on any atom is 0.131 e. The molecule has 3 N–H and O–H groups in total. The molecule has 0 amide bonds. The highest BCUT2D eigenvalue weighted by Crippen LogP contribution is 2.48. The molecule has 0 bridgehead atoms. The van der Waals surface area contributed by atoms with Gasteiger partial charge in [-0.1, -0.05) is 55.5 Å². The van der Waals surface area contributed by atoms with E-state index in [4.69, 9.17) is 5.73 Å². The Balaban J connectivity index is 2.33. The number of rotatable bonds is 2. The summed E-state index contributed by atoms with van der Waals surface area (Å²) in [4.78, 5) is 0. The number of benzene rings is 2. The smallest absolute Gasteiger partial charge is 0.131 e. The van der Waals surface area contributed by atoms with E-state index in [1.54, 1.807) is 0 Å². The van der Waals surface area contributed by atoms with Crippen LogP contribution >= 0.6 is 0 Å². The molecule has 2 aromatic carbocycles. The summed E-state index contributed by atoms with van der Waals surface area (Å²) in [6.45, 7) is 2.01. The quantitative estimate of drug-likeness (QED) is 0.846. The second-order valence-electron chi connectivity index (χ2n) is 4.87. The minimum atomic E-state index is -1.05. The summed E-state index contributed by atoms with van der Waals surface area (Å²) >= 11 is 0. The molecule has 0 saturated carbocycles. The fourth-order valence-electron chi connectivity index (χ4n) is 2.94. The topological polar surface area (TPSA) is 46.2 Å². The van der Waals surface area contributed by atoms with Gasteiger partial charge in [0, 0.05) is 6.04 Å². The van der Waals surface area contributed by atoms with Crippen LogP contribution in [-0.4, -0.2) is 11.1 Å². The number of hydrogen-bond donors (Lipinski definition) is 2. The lowest BCUT2D eigenvalue weighted by Gasteiger charge is -2.31. The Labute approximate surface area is 107 Å².